The van der Waals surface area contributed by atoms with E-state index in [9.17, 15) is 39.8 Å². The van der Waals surface area contributed by atoms with Crippen molar-refractivity contribution in [2.75, 3.05) is 19.8 Å². The standard InChI is InChI=1S/C45H87O12P/c1-3-5-7-9-11-13-14-15-16-17-18-19-20-21-22-23-24-25-26-27-28-30-32-34-39(46)56-38(36-54-35-33-31-29-12-10-8-6-4-2)37-55-58(52,53)57-45-43(50)41(48)40(47)42(49)44(45)51/h17-18,38,40-45,47-51H,3-16,19-37H2,1-2H3,(H,52,53)/b18-17-. The first kappa shape index (κ1) is 55.1. The summed E-state index contributed by atoms with van der Waals surface area (Å²) in [6.07, 6.45) is 27.4. The molecule has 0 radical (unpaired) electrons. The minimum atomic E-state index is -5.01. The number of hydrogen-bond donors (Lipinski definition) is 6. The molecule has 0 bridgehead atoms. The van der Waals surface area contributed by atoms with Gasteiger partial charge in [0.05, 0.1) is 13.2 Å². The molecule has 0 amide bonds. The lowest BCUT2D eigenvalue weighted by atomic mass is 9.85. The third-order valence-electron chi connectivity index (χ3n) is 11.1. The zero-order chi connectivity index (χ0) is 42.7. The molecule has 0 aromatic carbocycles. The van der Waals surface area contributed by atoms with Gasteiger partial charge in [0.25, 0.3) is 0 Å². The molecular weight excluding hydrogens is 763 g/mol. The van der Waals surface area contributed by atoms with Crippen LogP contribution in [0.15, 0.2) is 12.2 Å². The number of phosphoric ester groups is 1. The van der Waals surface area contributed by atoms with E-state index < -0.39 is 63.1 Å². The highest BCUT2D eigenvalue weighted by atomic mass is 31.2. The van der Waals surface area contributed by atoms with Crippen molar-refractivity contribution in [1.29, 1.82) is 0 Å². The molecule has 13 heteroatoms. The lowest BCUT2D eigenvalue weighted by molar-refractivity contribution is -0.220. The second-order valence-electron chi connectivity index (χ2n) is 16.6. The van der Waals surface area contributed by atoms with E-state index >= 15 is 0 Å². The zero-order valence-corrected chi connectivity index (χ0v) is 37.5. The topological polar surface area (TPSA) is 192 Å². The highest BCUT2D eigenvalue weighted by Crippen LogP contribution is 2.47. The second kappa shape index (κ2) is 36.7. The van der Waals surface area contributed by atoms with Gasteiger partial charge in [-0.25, -0.2) is 4.57 Å². The summed E-state index contributed by atoms with van der Waals surface area (Å²) in [5.74, 6) is -0.477. The molecule has 12 nitrogen and oxygen atoms in total. The van der Waals surface area contributed by atoms with Gasteiger partial charge in [0.1, 0.15) is 42.7 Å². The average Bonchev–Trinajstić information content (AvgIpc) is 3.21. The molecule has 344 valence electrons. The molecule has 58 heavy (non-hydrogen) atoms. The molecule has 1 aliphatic carbocycles. The van der Waals surface area contributed by atoms with Crippen LogP contribution >= 0.6 is 7.82 Å². The molecule has 1 fully saturated rings. The van der Waals surface area contributed by atoms with Gasteiger partial charge in [-0.05, 0) is 38.5 Å². The highest BCUT2D eigenvalue weighted by Gasteiger charge is 2.51. The number of aliphatic hydroxyl groups excluding tert-OH is 5. The summed E-state index contributed by atoms with van der Waals surface area (Å²) in [6, 6.07) is 0. The Kier molecular flexibility index (Phi) is 34.9. The van der Waals surface area contributed by atoms with Crippen molar-refractivity contribution in [3.05, 3.63) is 12.2 Å². The number of rotatable bonds is 40. The lowest BCUT2D eigenvalue weighted by Crippen LogP contribution is -2.64. The molecule has 0 aromatic heterocycles. The van der Waals surface area contributed by atoms with Crippen molar-refractivity contribution in [1.82, 2.24) is 0 Å². The van der Waals surface area contributed by atoms with Crippen molar-refractivity contribution in [3.8, 4) is 0 Å². The Morgan fingerprint density at radius 3 is 1.36 bits per heavy atom. The maximum absolute atomic E-state index is 12.8. The summed E-state index contributed by atoms with van der Waals surface area (Å²) in [4.78, 5) is 23.1. The highest BCUT2D eigenvalue weighted by molar-refractivity contribution is 7.47. The van der Waals surface area contributed by atoms with E-state index in [1.54, 1.807) is 0 Å². The van der Waals surface area contributed by atoms with Crippen LogP contribution in [-0.2, 0) is 27.9 Å². The Morgan fingerprint density at radius 2 is 0.914 bits per heavy atom. The van der Waals surface area contributed by atoms with Crippen LogP contribution in [0.2, 0.25) is 0 Å². The van der Waals surface area contributed by atoms with Gasteiger partial charge >= 0.3 is 13.8 Å². The van der Waals surface area contributed by atoms with Gasteiger partial charge in [0, 0.05) is 13.0 Å². The average molecular weight is 851 g/mol. The van der Waals surface area contributed by atoms with E-state index in [1.165, 1.54) is 141 Å². The van der Waals surface area contributed by atoms with Crippen LogP contribution < -0.4 is 0 Å². The Bertz CT molecular complexity index is 1020. The zero-order valence-electron chi connectivity index (χ0n) is 36.6. The van der Waals surface area contributed by atoms with Crippen LogP contribution in [0.3, 0.4) is 0 Å². The third-order valence-corrected chi connectivity index (χ3v) is 12.1. The summed E-state index contributed by atoms with van der Waals surface area (Å²) < 4.78 is 34.0. The largest absolute Gasteiger partial charge is 0.472 e. The first-order valence-corrected chi connectivity index (χ1v) is 25.0. The van der Waals surface area contributed by atoms with Crippen LogP contribution in [-0.4, -0.2) is 98.9 Å². The molecule has 0 aliphatic heterocycles. The number of carbonyl (C=O) groups excluding carboxylic acids is 1. The number of esters is 1. The normalized spacial score (nSPS) is 22.7. The van der Waals surface area contributed by atoms with E-state index in [2.05, 4.69) is 26.0 Å². The molecule has 0 spiro atoms. The Hall–Kier alpha value is -0.920. The molecular formula is C45H87O12P. The smallest absolute Gasteiger partial charge is 0.457 e. The van der Waals surface area contributed by atoms with Gasteiger partial charge in [0.2, 0.25) is 0 Å². The van der Waals surface area contributed by atoms with Gasteiger partial charge in [-0.2, -0.15) is 0 Å². The lowest BCUT2D eigenvalue weighted by Gasteiger charge is -2.41. The number of carbonyl (C=O) groups is 1. The Morgan fingerprint density at radius 1 is 0.534 bits per heavy atom. The van der Waals surface area contributed by atoms with Crippen molar-refractivity contribution in [2.24, 2.45) is 0 Å². The number of hydrogen-bond acceptors (Lipinski definition) is 11. The monoisotopic (exact) mass is 851 g/mol. The first-order chi connectivity index (χ1) is 28.0. The Balaban J connectivity index is 2.27. The van der Waals surface area contributed by atoms with Crippen molar-refractivity contribution >= 4 is 13.8 Å². The van der Waals surface area contributed by atoms with E-state index in [-0.39, 0.29) is 13.0 Å². The first-order valence-electron chi connectivity index (χ1n) is 23.5. The van der Waals surface area contributed by atoms with E-state index in [0.29, 0.717) is 13.0 Å². The Labute approximate surface area is 352 Å². The second-order valence-corrected chi connectivity index (χ2v) is 18.0. The van der Waals surface area contributed by atoms with Gasteiger partial charge in [-0.3, -0.25) is 13.8 Å². The number of aliphatic hydroxyl groups is 5. The molecule has 0 aromatic rings. The van der Waals surface area contributed by atoms with Crippen molar-refractivity contribution in [2.45, 2.75) is 249 Å². The molecule has 6 unspecified atom stereocenters. The number of ether oxygens (including phenoxy) is 2. The number of allylic oxidation sites excluding steroid dienone is 2. The molecule has 1 rings (SSSR count). The minimum Gasteiger partial charge on any atom is -0.457 e. The van der Waals surface area contributed by atoms with E-state index in [4.69, 9.17) is 18.5 Å². The van der Waals surface area contributed by atoms with Crippen LogP contribution in [0.5, 0.6) is 0 Å². The van der Waals surface area contributed by atoms with Gasteiger partial charge in [-0.1, -0.05) is 174 Å². The summed E-state index contributed by atoms with van der Waals surface area (Å²) >= 11 is 0. The number of phosphoric acid groups is 1. The predicted molar refractivity (Wildman–Crippen MR) is 230 cm³/mol. The van der Waals surface area contributed by atoms with Gasteiger partial charge in [-0.15, -0.1) is 0 Å². The van der Waals surface area contributed by atoms with Gasteiger partial charge in [0.15, 0.2) is 0 Å². The molecule has 6 atom stereocenters. The third kappa shape index (κ3) is 28.6. The fraction of sp³-hybridized carbons (Fsp3) is 0.933. The van der Waals surface area contributed by atoms with Crippen LogP contribution in [0.25, 0.3) is 0 Å². The number of unbranched alkanes of at least 4 members (excludes halogenated alkanes) is 26. The maximum Gasteiger partial charge on any atom is 0.472 e. The SMILES string of the molecule is CCCCCCCCCC/C=C\CCCCCCCCCCCCCC(=O)OC(COCCCCCCCCCC)COP(=O)(O)OC1C(O)C(O)C(O)C(O)C1O. The minimum absolute atomic E-state index is 0.0724. The maximum atomic E-state index is 12.8. The predicted octanol–water partition coefficient (Wildman–Crippen LogP) is 9.53. The molecule has 1 aliphatic rings. The molecule has 6 N–H and O–H groups in total. The van der Waals surface area contributed by atoms with Crippen LogP contribution in [0, 0.1) is 0 Å². The molecule has 0 saturated heterocycles. The van der Waals surface area contributed by atoms with E-state index in [1.807, 2.05) is 0 Å². The summed E-state index contributed by atoms with van der Waals surface area (Å²) in [7, 11) is -5.01. The van der Waals surface area contributed by atoms with Crippen LogP contribution in [0.4, 0.5) is 0 Å². The van der Waals surface area contributed by atoms with Crippen LogP contribution in [0.1, 0.15) is 206 Å². The van der Waals surface area contributed by atoms with Crippen molar-refractivity contribution in [3.63, 3.8) is 0 Å². The van der Waals surface area contributed by atoms with Crippen molar-refractivity contribution < 1.29 is 58.3 Å². The summed E-state index contributed by atoms with van der Waals surface area (Å²) in [5, 5.41) is 50.1. The van der Waals surface area contributed by atoms with E-state index in [0.717, 1.165) is 38.5 Å². The summed E-state index contributed by atoms with van der Waals surface area (Å²) in [6.45, 7) is 4.24. The summed E-state index contributed by atoms with van der Waals surface area (Å²) in [5.41, 5.74) is 0. The quantitative estimate of drug-likeness (QED) is 0.0148. The fourth-order valence-electron chi connectivity index (χ4n) is 7.35. The van der Waals surface area contributed by atoms with Gasteiger partial charge < -0.3 is 39.9 Å². The molecule has 0 heterocycles. The fourth-order valence-corrected chi connectivity index (χ4v) is 8.32. The molecule has 1 saturated carbocycles.